The highest BCUT2D eigenvalue weighted by Crippen LogP contribution is 2.31. The summed E-state index contributed by atoms with van der Waals surface area (Å²) >= 11 is 11.9. The molecule has 1 heterocycles. The summed E-state index contributed by atoms with van der Waals surface area (Å²) in [4.78, 5) is 0. The molecule has 88 valence electrons. The Labute approximate surface area is 108 Å². The van der Waals surface area contributed by atoms with Gasteiger partial charge < -0.3 is 0 Å². The number of hydrogen-bond donors (Lipinski definition) is 0. The SMILES string of the molecule is Fc1cc(Cl)ccc1-n1nc2c(c1Cl)CCC2. The van der Waals surface area contributed by atoms with Crippen LogP contribution in [0.5, 0.6) is 0 Å². The fraction of sp³-hybridized carbons (Fsp3) is 0.250. The minimum Gasteiger partial charge on any atom is -0.219 e. The normalized spacial score (nSPS) is 14.1. The molecule has 0 bridgehead atoms. The first kappa shape index (κ1) is 11.1. The summed E-state index contributed by atoms with van der Waals surface area (Å²) in [6.45, 7) is 0. The number of halogens is 3. The van der Waals surface area contributed by atoms with E-state index in [1.807, 2.05) is 0 Å². The zero-order valence-corrected chi connectivity index (χ0v) is 10.4. The van der Waals surface area contributed by atoms with Crippen molar-refractivity contribution in [3.8, 4) is 5.69 Å². The lowest BCUT2D eigenvalue weighted by Gasteiger charge is -2.05. The van der Waals surface area contributed by atoms with Crippen LogP contribution in [-0.2, 0) is 12.8 Å². The fourth-order valence-electron chi connectivity index (χ4n) is 2.17. The molecule has 0 atom stereocenters. The third-order valence-corrected chi connectivity index (χ3v) is 3.61. The highest BCUT2D eigenvalue weighted by Gasteiger charge is 2.22. The van der Waals surface area contributed by atoms with Crippen molar-refractivity contribution in [2.24, 2.45) is 0 Å². The Morgan fingerprint density at radius 3 is 2.76 bits per heavy atom. The van der Waals surface area contributed by atoms with E-state index in [9.17, 15) is 4.39 Å². The number of rotatable bonds is 1. The smallest absolute Gasteiger partial charge is 0.150 e. The maximum absolute atomic E-state index is 13.8. The van der Waals surface area contributed by atoms with Crippen molar-refractivity contribution >= 4 is 23.2 Å². The summed E-state index contributed by atoms with van der Waals surface area (Å²) in [6, 6.07) is 4.48. The lowest BCUT2D eigenvalue weighted by Crippen LogP contribution is -2.01. The number of hydrogen-bond acceptors (Lipinski definition) is 1. The van der Waals surface area contributed by atoms with E-state index in [1.54, 1.807) is 12.1 Å². The summed E-state index contributed by atoms with van der Waals surface area (Å²) in [5, 5.41) is 5.23. The monoisotopic (exact) mass is 270 g/mol. The van der Waals surface area contributed by atoms with Gasteiger partial charge in [0.2, 0.25) is 0 Å². The minimum absolute atomic E-state index is 0.341. The van der Waals surface area contributed by atoms with Crippen LogP contribution in [0.15, 0.2) is 18.2 Å². The Hall–Kier alpha value is -1.06. The Morgan fingerprint density at radius 1 is 1.24 bits per heavy atom. The van der Waals surface area contributed by atoms with Crippen molar-refractivity contribution in [1.82, 2.24) is 9.78 Å². The van der Waals surface area contributed by atoms with Crippen LogP contribution >= 0.6 is 23.2 Å². The molecule has 0 saturated carbocycles. The molecule has 3 rings (SSSR count). The van der Waals surface area contributed by atoms with Crippen LogP contribution in [0.25, 0.3) is 5.69 Å². The Morgan fingerprint density at radius 2 is 2.06 bits per heavy atom. The van der Waals surface area contributed by atoms with Gasteiger partial charge >= 0.3 is 0 Å². The molecule has 0 spiro atoms. The van der Waals surface area contributed by atoms with Crippen LogP contribution in [0.2, 0.25) is 10.2 Å². The zero-order chi connectivity index (χ0) is 12.0. The van der Waals surface area contributed by atoms with Gasteiger partial charge in [-0.2, -0.15) is 5.10 Å². The molecule has 0 N–H and O–H groups in total. The predicted octanol–water partition coefficient (Wildman–Crippen LogP) is 3.81. The van der Waals surface area contributed by atoms with Gasteiger partial charge in [-0.25, -0.2) is 9.07 Å². The van der Waals surface area contributed by atoms with Gasteiger partial charge in [0, 0.05) is 10.6 Å². The molecule has 1 aliphatic carbocycles. The van der Waals surface area contributed by atoms with Crippen molar-refractivity contribution in [2.75, 3.05) is 0 Å². The molecule has 1 aromatic carbocycles. The average molecular weight is 271 g/mol. The summed E-state index contributed by atoms with van der Waals surface area (Å²) in [5.74, 6) is -0.416. The largest absolute Gasteiger partial charge is 0.219 e. The number of fused-ring (bicyclic) bond motifs is 1. The topological polar surface area (TPSA) is 17.8 Å². The Balaban J connectivity index is 2.16. The van der Waals surface area contributed by atoms with Gasteiger partial charge in [0.15, 0.2) is 0 Å². The van der Waals surface area contributed by atoms with Crippen molar-refractivity contribution in [1.29, 1.82) is 0 Å². The van der Waals surface area contributed by atoms with Gasteiger partial charge in [-0.3, -0.25) is 0 Å². The summed E-state index contributed by atoms with van der Waals surface area (Å²) in [5.41, 5.74) is 2.36. The van der Waals surface area contributed by atoms with E-state index in [0.717, 1.165) is 30.5 Å². The van der Waals surface area contributed by atoms with Crippen LogP contribution in [0.4, 0.5) is 4.39 Å². The van der Waals surface area contributed by atoms with Crippen LogP contribution in [0.3, 0.4) is 0 Å². The molecule has 0 radical (unpaired) electrons. The summed E-state index contributed by atoms with van der Waals surface area (Å²) in [7, 11) is 0. The molecule has 1 aliphatic rings. The van der Waals surface area contributed by atoms with Crippen molar-refractivity contribution < 1.29 is 4.39 Å². The van der Waals surface area contributed by atoms with E-state index in [-0.39, 0.29) is 0 Å². The van der Waals surface area contributed by atoms with Gasteiger partial charge in [0.05, 0.1) is 5.69 Å². The van der Waals surface area contributed by atoms with Crippen LogP contribution < -0.4 is 0 Å². The number of benzene rings is 1. The number of aromatic nitrogens is 2. The quantitative estimate of drug-likeness (QED) is 0.771. The first-order chi connectivity index (χ1) is 8.16. The Kier molecular flexibility index (Phi) is 2.60. The highest BCUT2D eigenvalue weighted by molar-refractivity contribution is 6.31. The highest BCUT2D eigenvalue weighted by atomic mass is 35.5. The van der Waals surface area contributed by atoms with E-state index in [4.69, 9.17) is 23.2 Å². The molecule has 2 aromatic rings. The lowest BCUT2D eigenvalue weighted by atomic mass is 10.3. The second-order valence-corrected chi connectivity index (χ2v) is 4.87. The van der Waals surface area contributed by atoms with E-state index in [1.165, 1.54) is 10.7 Å². The maximum Gasteiger partial charge on any atom is 0.150 e. The molecule has 2 nitrogen and oxygen atoms in total. The lowest BCUT2D eigenvalue weighted by molar-refractivity contribution is 0.609. The number of nitrogens with zero attached hydrogens (tertiary/aromatic N) is 2. The molecular weight excluding hydrogens is 262 g/mol. The van der Waals surface area contributed by atoms with Crippen LogP contribution in [0, 0.1) is 5.82 Å². The van der Waals surface area contributed by atoms with Crippen molar-refractivity contribution in [2.45, 2.75) is 19.3 Å². The standard InChI is InChI=1S/C12H9Cl2FN2/c13-7-4-5-11(9(15)6-7)17-12(14)8-2-1-3-10(8)16-17/h4-6H,1-3H2. The van der Waals surface area contributed by atoms with E-state index in [0.29, 0.717) is 15.9 Å². The van der Waals surface area contributed by atoms with Gasteiger partial charge in [-0.15, -0.1) is 0 Å². The predicted molar refractivity (Wildman–Crippen MR) is 65.6 cm³/mol. The molecule has 0 amide bonds. The molecule has 0 fully saturated rings. The van der Waals surface area contributed by atoms with Crippen molar-refractivity contribution in [3.63, 3.8) is 0 Å². The first-order valence-corrected chi connectivity index (χ1v) is 6.14. The first-order valence-electron chi connectivity index (χ1n) is 5.38. The molecule has 0 aliphatic heterocycles. The second-order valence-electron chi connectivity index (χ2n) is 4.08. The summed E-state index contributed by atoms with van der Waals surface area (Å²) in [6.07, 6.45) is 2.90. The molecule has 17 heavy (non-hydrogen) atoms. The van der Waals surface area contributed by atoms with Gasteiger partial charge in [-0.1, -0.05) is 23.2 Å². The minimum atomic E-state index is -0.416. The average Bonchev–Trinajstić information content (AvgIpc) is 2.83. The van der Waals surface area contributed by atoms with Crippen LogP contribution in [-0.4, -0.2) is 9.78 Å². The van der Waals surface area contributed by atoms with Gasteiger partial charge in [0.25, 0.3) is 0 Å². The fourth-order valence-corrected chi connectivity index (χ4v) is 2.66. The molecule has 0 saturated heterocycles. The van der Waals surface area contributed by atoms with Crippen LogP contribution in [0.1, 0.15) is 17.7 Å². The number of aryl methyl sites for hydroxylation is 1. The van der Waals surface area contributed by atoms with E-state index in [2.05, 4.69) is 5.10 Å². The second kappa shape index (κ2) is 4.00. The molecule has 5 heteroatoms. The van der Waals surface area contributed by atoms with Crippen molar-refractivity contribution in [3.05, 3.63) is 45.4 Å². The maximum atomic E-state index is 13.8. The van der Waals surface area contributed by atoms with Gasteiger partial charge in [0.1, 0.15) is 16.7 Å². The summed E-state index contributed by atoms with van der Waals surface area (Å²) < 4.78 is 15.2. The van der Waals surface area contributed by atoms with Gasteiger partial charge in [-0.05, 0) is 37.5 Å². The van der Waals surface area contributed by atoms with E-state index >= 15 is 0 Å². The zero-order valence-electron chi connectivity index (χ0n) is 8.88. The third kappa shape index (κ3) is 1.74. The third-order valence-electron chi connectivity index (χ3n) is 2.98. The van der Waals surface area contributed by atoms with E-state index < -0.39 is 5.82 Å². The molecular formula is C12H9Cl2FN2. The molecule has 1 aromatic heterocycles. The Bertz CT molecular complexity index is 592. The molecule has 0 unspecified atom stereocenters.